The monoisotopic (exact) mass is 846 g/mol. The summed E-state index contributed by atoms with van der Waals surface area (Å²) in [7, 11) is 4.63. The summed E-state index contributed by atoms with van der Waals surface area (Å²) < 4.78 is 11.9. The van der Waals surface area contributed by atoms with E-state index in [0.717, 1.165) is 91.0 Å². The quantitative estimate of drug-likeness (QED) is 0.124. The van der Waals surface area contributed by atoms with Crippen LogP contribution in [0.5, 0.6) is 0 Å². The molecular formula is C35H59Br2ClFN6NaO3. The van der Waals surface area contributed by atoms with Crippen LogP contribution >= 0.6 is 39.9 Å². The van der Waals surface area contributed by atoms with E-state index in [4.69, 9.17) is 16.7 Å². The number of benzene rings is 2. The van der Waals surface area contributed by atoms with Crippen LogP contribution in [-0.2, 0) is 4.79 Å². The van der Waals surface area contributed by atoms with Crippen molar-refractivity contribution in [3.63, 3.8) is 0 Å². The standard InChI is InChI=1S/C19H30N4O.C6H5F.C5H9ClO.C4H12N2.CH3O.Br2.Na/c1-3-19(2,23-14-10-21-11-15-23)18(24)16-4-6-17(7-5-16)22-12-8-20-9-13-22;7-6-4-2-1-3-5-6;1-3-4(2)5(6)7;1-5-3-4-6-2;2*1-2;/h4-7,20-21H,3,8-15H2,1-2H3;1-5H;4H,3H2,1-2H3;5-6H,3-4H2,1-2H3;1H3;;/q;;;;-1;;+1. The first-order valence-electron chi connectivity index (χ1n) is 16.4. The summed E-state index contributed by atoms with van der Waals surface area (Å²) in [4.78, 5) is 28.1. The Balaban J connectivity index is -0.000000694. The van der Waals surface area contributed by atoms with Crippen LogP contribution in [-0.4, -0.2) is 108 Å². The number of nitrogens with zero attached hydrogens (tertiary/aromatic N) is 2. The minimum atomic E-state index is -0.404. The molecule has 4 N–H and O–H groups in total. The number of hydrogen-bond donors (Lipinski definition) is 4. The normalized spacial score (nSPS) is 15.4. The van der Waals surface area contributed by atoms with Gasteiger partial charge in [-0.2, -0.15) is 7.11 Å². The fraction of sp³-hybridized carbons (Fsp3) is 0.600. The number of ketones is 1. The van der Waals surface area contributed by atoms with E-state index in [1.165, 1.54) is 17.8 Å². The van der Waals surface area contributed by atoms with Crippen molar-refractivity contribution in [1.82, 2.24) is 26.2 Å². The average Bonchev–Trinajstić information content (AvgIpc) is 3.16. The number of anilines is 1. The largest absolute Gasteiger partial charge is 1.00 e. The van der Waals surface area contributed by atoms with Gasteiger partial charge in [0.05, 0.1) is 5.54 Å². The zero-order valence-electron chi connectivity index (χ0n) is 30.9. The van der Waals surface area contributed by atoms with Gasteiger partial charge in [-0.15, -0.1) is 0 Å². The van der Waals surface area contributed by atoms with E-state index in [9.17, 15) is 14.0 Å². The Labute approximate surface area is 338 Å². The van der Waals surface area contributed by atoms with Crippen LogP contribution in [0.1, 0.15) is 50.9 Å². The molecule has 4 rings (SSSR count). The zero-order valence-corrected chi connectivity index (χ0v) is 36.8. The van der Waals surface area contributed by atoms with E-state index in [2.05, 4.69) is 85.3 Å². The molecule has 0 aliphatic carbocycles. The molecule has 9 nitrogen and oxygen atoms in total. The van der Waals surface area contributed by atoms with E-state index in [1.807, 2.05) is 40.1 Å². The van der Waals surface area contributed by atoms with Crippen molar-refractivity contribution < 1.29 is 48.6 Å². The molecule has 0 amide bonds. The number of halogens is 4. The molecule has 2 aliphatic rings. The Morgan fingerprint density at radius 1 is 0.898 bits per heavy atom. The van der Waals surface area contributed by atoms with Crippen LogP contribution in [0, 0.1) is 11.7 Å². The third-order valence-electron chi connectivity index (χ3n) is 7.96. The number of carbonyl (C=O) groups is 2. The van der Waals surface area contributed by atoms with Crippen molar-refractivity contribution >= 4 is 56.6 Å². The maximum Gasteiger partial charge on any atom is 1.00 e. The summed E-state index contributed by atoms with van der Waals surface area (Å²) in [6, 6.07) is 16.2. The van der Waals surface area contributed by atoms with Crippen molar-refractivity contribution in [2.45, 2.75) is 46.1 Å². The molecular weight excluding hydrogens is 790 g/mol. The van der Waals surface area contributed by atoms with Crippen molar-refractivity contribution in [3.8, 4) is 0 Å². The molecule has 2 atom stereocenters. The van der Waals surface area contributed by atoms with Crippen LogP contribution in [0.2, 0.25) is 0 Å². The SMILES string of the molecule is BrBr.CCC(C)(C(=O)c1ccc(N2CCNCC2)cc1)N1CCNCC1.CCC(C)C(=O)Cl.CNCCNC.C[O-].Fc1ccccc1.[Na+]. The summed E-state index contributed by atoms with van der Waals surface area (Å²) in [5, 5.41) is 20.8. The number of Topliss-reactive ketones (excluding diaryl/α,β-unsaturated/α-hetero) is 1. The molecule has 0 aromatic heterocycles. The predicted octanol–water partition coefficient (Wildman–Crippen LogP) is 2.07. The molecule has 2 fully saturated rings. The molecule has 2 aromatic rings. The third-order valence-corrected chi connectivity index (χ3v) is 8.33. The van der Waals surface area contributed by atoms with Crippen molar-refractivity contribution in [2.75, 3.05) is 91.6 Å². The maximum atomic E-state index is 13.2. The van der Waals surface area contributed by atoms with Crippen LogP contribution in [0.15, 0.2) is 54.6 Å². The van der Waals surface area contributed by atoms with E-state index in [1.54, 1.807) is 18.2 Å². The fourth-order valence-electron chi connectivity index (χ4n) is 4.57. The Kier molecular flexibility index (Phi) is 37.3. The van der Waals surface area contributed by atoms with Gasteiger partial charge in [0.25, 0.3) is 0 Å². The fourth-order valence-corrected chi connectivity index (χ4v) is 4.72. The summed E-state index contributed by atoms with van der Waals surface area (Å²) >= 11 is 10.6. The predicted molar refractivity (Wildman–Crippen MR) is 207 cm³/mol. The Morgan fingerprint density at radius 2 is 1.35 bits per heavy atom. The van der Waals surface area contributed by atoms with Gasteiger partial charge in [-0.1, -0.05) is 39.0 Å². The molecule has 2 aromatic carbocycles. The minimum absolute atomic E-state index is 0. The van der Waals surface area contributed by atoms with Gasteiger partial charge in [0, 0.05) is 111 Å². The minimum Gasteiger partial charge on any atom is -0.857 e. The number of nitrogens with one attached hydrogen (secondary N) is 4. The molecule has 2 saturated heterocycles. The Morgan fingerprint density at radius 3 is 1.67 bits per heavy atom. The Bertz CT molecular complexity index is 1050. The van der Waals surface area contributed by atoms with E-state index < -0.39 is 5.54 Å². The molecule has 2 aliphatic heterocycles. The van der Waals surface area contributed by atoms with E-state index in [0.29, 0.717) is 0 Å². The van der Waals surface area contributed by atoms with E-state index in [-0.39, 0.29) is 52.3 Å². The van der Waals surface area contributed by atoms with Crippen LogP contribution in [0.4, 0.5) is 10.1 Å². The van der Waals surface area contributed by atoms with Gasteiger partial charge in [-0.05, 0) is 81.9 Å². The zero-order chi connectivity index (χ0) is 36.8. The first-order chi connectivity index (χ1) is 23.1. The summed E-state index contributed by atoms with van der Waals surface area (Å²) in [6.45, 7) is 18.0. The van der Waals surface area contributed by atoms with Gasteiger partial charge in [0.15, 0.2) is 5.78 Å². The van der Waals surface area contributed by atoms with Crippen molar-refractivity contribution in [3.05, 3.63) is 66.0 Å². The second kappa shape index (κ2) is 34.6. The number of likely N-dealkylation sites (N-methyl/N-ethyl adjacent to an activating group) is 2. The first kappa shape index (κ1) is 52.9. The van der Waals surface area contributed by atoms with Gasteiger partial charge in [0.1, 0.15) is 5.82 Å². The topological polar surface area (TPSA) is 112 Å². The second-order valence-electron chi connectivity index (χ2n) is 11.1. The van der Waals surface area contributed by atoms with E-state index >= 15 is 0 Å². The van der Waals surface area contributed by atoms with Gasteiger partial charge in [-0.25, -0.2) is 4.39 Å². The molecule has 276 valence electrons. The molecule has 0 radical (unpaired) electrons. The maximum absolute atomic E-state index is 13.2. The van der Waals surface area contributed by atoms with Crippen molar-refractivity contribution in [1.29, 1.82) is 0 Å². The van der Waals surface area contributed by atoms with Crippen LogP contribution < -0.4 is 60.8 Å². The molecule has 49 heavy (non-hydrogen) atoms. The van der Waals surface area contributed by atoms with Gasteiger partial charge in [-0.3, -0.25) is 14.5 Å². The number of piperazine rings is 2. The number of rotatable bonds is 10. The summed E-state index contributed by atoms with van der Waals surface area (Å²) in [5.74, 6) is 0.0999. The second-order valence-corrected chi connectivity index (χ2v) is 11.5. The molecule has 0 saturated carbocycles. The summed E-state index contributed by atoms with van der Waals surface area (Å²) in [5.41, 5.74) is 1.64. The first-order valence-corrected chi connectivity index (χ1v) is 20.5. The summed E-state index contributed by atoms with van der Waals surface area (Å²) in [6.07, 6.45) is 1.67. The smallest absolute Gasteiger partial charge is 0.857 e. The molecule has 2 heterocycles. The number of carbonyl (C=O) groups excluding carboxylic acids is 2. The van der Waals surface area contributed by atoms with Gasteiger partial charge in [0.2, 0.25) is 5.24 Å². The van der Waals surface area contributed by atoms with Crippen LogP contribution in [0.25, 0.3) is 0 Å². The van der Waals surface area contributed by atoms with Crippen molar-refractivity contribution in [2.24, 2.45) is 5.92 Å². The molecule has 0 bridgehead atoms. The molecule has 14 heteroatoms. The van der Waals surface area contributed by atoms with Gasteiger partial charge < -0.3 is 31.3 Å². The molecule has 2 unspecified atom stereocenters. The number of hydrogen-bond acceptors (Lipinski definition) is 9. The molecule has 0 spiro atoms. The average molecular weight is 849 g/mol. The Hall–Kier alpha value is -0.480. The van der Waals surface area contributed by atoms with Gasteiger partial charge >= 0.3 is 29.6 Å². The van der Waals surface area contributed by atoms with Crippen LogP contribution in [0.3, 0.4) is 0 Å². The third kappa shape index (κ3) is 22.9.